The van der Waals surface area contributed by atoms with Gasteiger partial charge < -0.3 is 11.1 Å². The van der Waals surface area contributed by atoms with Crippen molar-refractivity contribution < 1.29 is 18.0 Å². The van der Waals surface area contributed by atoms with E-state index in [-0.39, 0.29) is 29.8 Å². The summed E-state index contributed by atoms with van der Waals surface area (Å²) in [5.74, 6) is -0.109. The Morgan fingerprint density at radius 3 is 2.71 bits per heavy atom. The van der Waals surface area contributed by atoms with E-state index in [1.165, 1.54) is 11.3 Å². The highest BCUT2D eigenvalue weighted by atomic mass is 32.2. The molecule has 2 amide bonds. The van der Waals surface area contributed by atoms with Gasteiger partial charge in [0.2, 0.25) is 5.91 Å². The summed E-state index contributed by atoms with van der Waals surface area (Å²) in [7, 11) is -3.00. The summed E-state index contributed by atoms with van der Waals surface area (Å²) in [5.41, 5.74) is 6.95. The number of fused-ring (bicyclic) bond motifs is 1. The van der Waals surface area contributed by atoms with E-state index in [0.29, 0.717) is 22.9 Å². The van der Waals surface area contributed by atoms with Crippen LogP contribution in [-0.4, -0.2) is 31.7 Å². The second kappa shape index (κ2) is 6.48. The molecule has 1 aromatic rings. The summed E-state index contributed by atoms with van der Waals surface area (Å²) in [4.78, 5) is 25.3. The largest absolute Gasteiger partial charge is 0.365 e. The van der Waals surface area contributed by atoms with Crippen LogP contribution in [0, 0.1) is 11.8 Å². The van der Waals surface area contributed by atoms with E-state index >= 15 is 0 Å². The fourth-order valence-electron chi connectivity index (χ4n) is 3.57. The third kappa shape index (κ3) is 3.64. The molecule has 0 radical (unpaired) electrons. The summed E-state index contributed by atoms with van der Waals surface area (Å²) < 4.78 is 23.0. The number of nitrogens with one attached hydrogen (secondary N) is 1. The van der Waals surface area contributed by atoms with Crippen molar-refractivity contribution in [1.82, 2.24) is 0 Å². The topological polar surface area (TPSA) is 106 Å². The van der Waals surface area contributed by atoms with Crippen molar-refractivity contribution >= 4 is 38.0 Å². The van der Waals surface area contributed by atoms with Gasteiger partial charge in [0.1, 0.15) is 5.00 Å². The summed E-state index contributed by atoms with van der Waals surface area (Å²) in [6.07, 6.45) is 3.41. The molecule has 1 aliphatic carbocycles. The lowest BCUT2D eigenvalue weighted by Gasteiger charge is -2.18. The highest BCUT2D eigenvalue weighted by Crippen LogP contribution is 2.39. The predicted octanol–water partition coefficient (Wildman–Crippen LogP) is 1.74. The minimum Gasteiger partial charge on any atom is -0.365 e. The van der Waals surface area contributed by atoms with Crippen molar-refractivity contribution in [2.75, 3.05) is 16.8 Å². The Kier molecular flexibility index (Phi) is 4.70. The van der Waals surface area contributed by atoms with E-state index in [1.54, 1.807) is 0 Å². The van der Waals surface area contributed by atoms with Crippen LogP contribution < -0.4 is 11.1 Å². The second-order valence-corrected chi connectivity index (χ2v) is 10.3. The standard InChI is InChI=1S/C16H22N2O4S2/c1-9-2-3-11-12(6-9)23-16(14(11)15(17)20)18-13(19)7-10-4-5-24(21,22)8-10/h9-10H,2-8H2,1H3,(H2,17,20)(H,18,19). The molecule has 1 aliphatic heterocycles. The molecule has 2 aliphatic rings. The van der Waals surface area contributed by atoms with Crippen LogP contribution in [0.15, 0.2) is 0 Å². The first-order chi connectivity index (χ1) is 11.2. The quantitative estimate of drug-likeness (QED) is 0.842. The number of sulfone groups is 1. The van der Waals surface area contributed by atoms with E-state index in [4.69, 9.17) is 5.73 Å². The highest BCUT2D eigenvalue weighted by Gasteiger charge is 2.31. The molecule has 1 aromatic heterocycles. The number of amides is 2. The lowest BCUT2D eigenvalue weighted by atomic mass is 9.88. The number of primary amides is 1. The molecule has 0 saturated carbocycles. The van der Waals surface area contributed by atoms with Gasteiger partial charge in [-0.2, -0.15) is 0 Å². The van der Waals surface area contributed by atoms with Crippen LogP contribution in [0.2, 0.25) is 0 Å². The fraction of sp³-hybridized carbons (Fsp3) is 0.625. The maximum atomic E-state index is 12.3. The molecule has 2 unspecified atom stereocenters. The Labute approximate surface area is 145 Å². The van der Waals surface area contributed by atoms with Gasteiger partial charge in [-0.25, -0.2) is 8.42 Å². The molecule has 0 bridgehead atoms. The van der Waals surface area contributed by atoms with Crippen LogP contribution in [0.4, 0.5) is 5.00 Å². The number of carbonyl (C=O) groups excluding carboxylic acids is 2. The fourth-order valence-corrected chi connectivity index (χ4v) is 6.87. The molecule has 132 valence electrons. The van der Waals surface area contributed by atoms with Crippen molar-refractivity contribution in [2.45, 2.75) is 39.0 Å². The lowest BCUT2D eigenvalue weighted by molar-refractivity contribution is -0.116. The minimum absolute atomic E-state index is 0.0710. The third-order valence-corrected chi connectivity index (χ3v) is 7.82. The molecule has 2 atom stereocenters. The molecule has 6 nitrogen and oxygen atoms in total. The molecule has 3 N–H and O–H groups in total. The predicted molar refractivity (Wildman–Crippen MR) is 94.0 cm³/mol. The minimum atomic E-state index is -3.00. The van der Waals surface area contributed by atoms with Crippen LogP contribution >= 0.6 is 11.3 Å². The summed E-state index contributed by atoms with van der Waals surface area (Å²) in [6, 6.07) is 0. The summed E-state index contributed by atoms with van der Waals surface area (Å²) >= 11 is 1.43. The van der Waals surface area contributed by atoms with Gasteiger partial charge in [-0.05, 0) is 43.1 Å². The van der Waals surface area contributed by atoms with Crippen molar-refractivity contribution in [2.24, 2.45) is 17.6 Å². The molecular formula is C16H22N2O4S2. The molecule has 0 spiro atoms. The zero-order valence-corrected chi connectivity index (χ0v) is 15.3. The Hall–Kier alpha value is -1.41. The van der Waals surface area contributed by atoms with Gasteiger partial charge in [0.15, 0.2) is 9.84 Å². The van der Waals surface area contributed by atoms with Gasteiger partial charge in [0.25, 0.3) is 5.91 Å². The number of hydrogen-bond donors (Lipinski definition) is 2. The number of rotatable bonds is 4. The second-order valence-electron chi connectivity index (χ2n) is 6.94. The van der Waals surface area contributed by atoms with E-state index in [9.17, 15) is 18.0 Å². The number of thiophene rings is 1. The average Bonchev–Trinajstić information content (AvgIpc) is 2.97. The molecule has 0 aromatic carbocycles. The number of nitrogens with two attached hydrogens (primary N) is 1. The Bertz CT molecular complexity index is 782. The van der Waals surface area contributed by atoms with Gasteiger partial charge in [-0.1, -0.05) is 6.92 Å². The van der Waals surface area contributed by atoms with Crippen LogP contribution in [0.1, 0.15) is 47.0 Å². The Balaban J connectivity index is 1.75. The van der Waals surface area contributed by atoms with Crippen molar-refractivity contribution in [1.29, 1.82) is 0 Å². The zero-order chi connectivity index (χ0) is 17.5. The average molecular weight is 370 g/mol. The number of anilines is 1. The van der Waals surface area contributed by atoms with Crippen molar-refractivity contribution in [3.63, 3.8) is 0 Å². The van der Waals surface area contributed by atoms with Crippen LogP contribution in [0.25, 0.3) is 0 Å². The number of hydrogen-bond acceptors (Lipinski definition) is 5. The van der Waals surface area contributed by atoms with Crippen LogP contribution in [0.3, 0.4) is 0 Å². The van der Waals surface area contributed by atoms with Gasteiger partial charge in [-0.3, -0.25) is 9.59 Å². The maximum Gasteiger partial charge on any atom is 0.251 e. The summed E-state index contributed by atoms with van der Waals surface area (Å²) in [5, 5.41) is 3.32. The van der Waals surface area contributed by atoms with E-state index in [0.717, 1.165) is 29.7 Å². The number of carbonyl (C=O) groups is 2. The summed E-state index contributed by atoms with van der Waals surface area (Å²) in [6.45, 7) is 2.17. The Morgan fingerprint density at radius 2 is 2.08 bits per heavy atom. The third-order valence-electron chi connectivity index (χ3n) is 4.81. The Morgan fingerprint density at radius 1 is 1.33 bits per heavy atom. The lowest BCUT2D eigenvalue weighted by Crippen LogP contribution is -2.21. The maximum absolute atomic E-state index is 12.3. The van der Waals surface area contributed by atoms with Crippen molar-refractivity contribution in [3.05, 3.63) is 16.0 Å². The first kappa shape index (κ1) is 17.4. The van der Waals surface area contributed by atoms with E-state index < -0.39 is 15.7 Å². The van der Waals surface area contributed by atoms with Gasteiger partial charge in [0, 0.05) is 11.3 Å². The zero-order valence-electron chi connectivity index (χ0n) is 13.6. The van der Waals surface area contributed by atoms with Gasteiger partial charge >= 0.3 is 0 Å². The van der Waals surface area contributed by atoms with Gasteiger partial charge in [-0.15, -0.1) is 11.3 Å². The van der Waals surface area contributed by atoms with Crippen molar-refractivity contribution in [3.8, 4) is 0 Å². The molecule has 2 heterocycles. The molecular weight excluding hydrogens is 348 g/mol. The first-order valence-corrected chi connectivity index (χ1v) is 10.8. The smallest absolute Gasteiger partial charge is 0.251 e. The van der Waals surface area contributed by atoms with Crippen LogP contribution in [0.5, 0.6) is 0 Å². The first-order valence-electron chi connectivity index (χ1n) is 8.20. The van der Waals surface area contributed by atoms with E-state index in [1.807, 2.05) is 0 Å². The van der Waals surface area contributed by atoms with Crippen LogP contribution in [-0.2, 0) is 27.5 Å². The molecule has 3 rings (SSSR count). The molecule has 24 heavy (non-hydrogen) atoms. The highest BCUT2D eigenvalue weighted by molar-refractivity contribution is 7.91. The SMILES string of the molecule is CC1CCc2c(sc(NC(=O)CC3CCS(=O)(=O)C3)c2C(N)=O)C1. The van der Waals surface area contributed by atoms with Gasteiger partial charge in [0.05, 0.1) is 17.1 Å². The molecule has 1 saturated heterocycles. The molecule has 1 fully saturated rings. The van der Waals surface area contributed by atoms with E-state index in [2.05, 4.69) is 12.2 Å². The monoisotopic (exact) mass is 370 g/mol. The molecule has 8 heteroatoms. The normalized spacial score (nSPS) is 25.2.